The Morgan fingerprint density at radius 3 is 1.78 bits per heavy atom. The molecular weight excluding hydrogens is 700 g/mol. The maximum absolute atomic E-state index is 13.3. The Kier molecular flexibility index (Phi) is 14.6. The molecule has 1 heterocycles. The van der Waals surface area contributed by atoms with Crippen LogP contribution in [0.3, 0.4) is 0 Å². The van der Waals surface area contributed by atoms with Gasteiger partial charge >= 0.3 is 30.1 Å². The van der Waals surface area contributed by atoms with Gasteiger partial charge in [0.1, 0.15) is 22.6 Å². The molecule has 54 heavy (non-hydrogen) atoms. The van der Waals surface area contributed by atoms with Crippen LogP contribution in [0.15, 0.2) is 34.7 Å². The van der Waals surface area contributed by atoms with Crippen LogP contribution in [-0.2, 0) is 28.6 Å². The number of fused-ring (bicyclic) bond motifs is 2. The van der Waals surface area contributed by atoms with Crippen LogP contribution in [0, 0.1) is 0 Å². The molecule has 0 aliphatic rings. The summed E-state index contributed by atoms with van der Waals surface area (Å²) < 4.78 is 33.7. The number of carbonyl (C=O) groups is 6. The number of carbonyl (C=O) groups excluding carboxylic acids is 6. The van der Waals surface area contributed by atoms with Crippen molar-refractivity contribution in [3.8, 4) is 11.5 Å². The Labute approximate surface area is 316 Å². The van der Waals surface area contributed by atoms with E-state index in [0.29, 0.717) is 23.6 Å². The van der Waals surface area contributed by atoms with E-state index in [2.05, 4.69) is 5.32 Å². The van der Waals surface area contributed by atoms with E-state index in [1.165, 1.54) is 17.9 Å². The summed E-state index contributed by atoms with van der Waals surface area (Å²) in [6.45, 7) is 17.5. The fourth-order valence-electron chi connectivity index (χ4n) is 5.18. The van der Waals surface area contributed by atoms with Crippen molar-refractivity contribution in [2.24, 2.45) is 0 Å². The standard InChI is InChI=1S/C40H54N2O12/c1-25(43)29-24-28-33(50-30(44)19-15-22-42(37(48)54-40(8,9)10)23-20-32(46)53-39(5,6)7)26-16-11-12-17-27(26)34(35(28)49-29)51-36(47)41-21-14-13-18-31(45)52-38(2,3)4/h11-12,16-17,24H,13-15,18-23H2,1-10H3,(H,41,47). The van der Waals surface area contributed by atoms with Gasteiger partial charge in [0.05, 0.1) is 11.8 Å². The second kappa shape index (κ2) is 18.3. The predicted octanol–water partition coefficient (Wildman–Crippen LogP) is 8.04. The number of benzene rings is 2. The number of ether oxygens (including phenoxy) is 5. The molecule has 3 aromatic rings. The summed E-state index contributed by atoms with van der Waals surface area (Å²) in [6, 6.07) is 8.19. The van der Waals surface area contributed by atoms with E-state index in [1.807, 2.05) is 0 Å². The van der Waals surface area contributed by atoms with E-state index in [-0.39, 0.29) is 79.5 Å². The largest absolute Gasteiger partial charge is 0.460 e. The van der Waals surface area contributed by atoms with Crippen molar-refractivity contribution in [1.82, 2.24) is 10.2 Å². The third-order valence-corrected chi connectivity index (χ3v) is 7.32. The van der Waals surface area contributed by atoms with Crippen molar-refractivity contribution in [2.45, 2.75) is 125 Å². The first-order valence-electron chi connectivity index (χ1n) is 18.1. The summed E-state index contributed by atoms with van der Waals surface area (Å²) in [4.78, 5) is 77.4. The number of esters is 3. The van der Waals surface area contributed by atoms with Gasteiger partial charge in [-0.3, -0.25) is 19.2 Å². The van der Waals surface area contributed by atoms with Crippen molar-refractivity contribution in [3.05, 3.63) is 36.1 Å². The number of amides is 2. The van der Waals surface area contributed by atoms with Crippen molar-refractivity contribution in [3.63, 3.8) is 0 Å². The summed E-state index contributed by atoms with van der Waals surface area (Å²) >= 11 is 0. The molecule has 1 aromatic heterocycles. The maximum Gasteiger partial charge on any atom is 0.412 e. The van der Waals surface area contributed by atoms with E-state index >= 15 is 0 Å². The second-order valence-electron chi connectivity index (χ2n) is 15.9. The number of rotatable bonds is 15. The molecule has 0 radical (unpaired) electrons. The molecule has 1 N–H and O–H groups in total. The third-order valence-electron chi connectivity index (χ3n) is 7.32. The zero-order valence-electron chi connectivity index (χ0n) is 33.1. The molecule has 296 valence electrons. The Balaban J connectivity index is 1.77. The van der Waals surface area contributed by atoms with Gasteiger partial charge in [0.2, 0.25) is 0 Å². The van der Waals surface area contributed by atoms with Crippen LogP contribution in [0.1, 0.15) is 118 Å². The molecule has 0 aliphatic carbocycles. The van der Waals surface area contributed by atoms with Crippen molar-refractivity contribution >= 4 is 57.6 Å². The highest BCUT2D eigenvalue weighted by atomic mass is 16.6. The van der Waals surface area contributed by atoms with Gasteiger partial charge in [0, 0.05) is 50.2 Å². The fraction of sp³-hybridized carbons (Fsp3) is 0.550. The first-order valence-corrected chi connectivity index (χ1v) is 18.1. The Morgan fingerprint density at radius 2 is 1.20 bits per heavy atom. The molecule has 0 bridgehead atoms. The summed E-state index contributed by atoms with van der Waals surface area (Å²) in [7, 11) is 0. The second-order valence-corrected chi connectivity index (χ2v) is 15.9. The van der Waals surface area contributed by atoms with Crippen LogP contribution in [0.4, 0.5) is 9.59 Å². The lowest BCUT2D eigenvalue weighted by Crippen LogP contribution is -2.39. The monoisotopic (exact) mass is 754 g/mol. The highest BCUT2D eigenvalue weighted by molar-refractivity contribution is 6.12. The lowest BCUT2D eigenvalue weighted by molar-refractivity contribution is -0.156. The minimum absolute atomic E-state index is 0.0219. The molecule has 14 nitrogen and oxygen atoms in total. The van der Waals surface area contributed by atoms with Crippen molar-refractivity contribution in [2.75, 3.05) is 19.6 Å². The molecule has 0 fully saturated rings. The van der Waals surface area contributed by atoms with E-state index in [9.17, 15) is 28.8 Å². The van der Waals surface area contributed by atoms with Gasteiger partial charge in [-0.15, -0.1) is 0 Å². The number of Topliss-reactive ketones (excluding diaryl/α,β-unsaturated/α-hetero) is 1. The lowest BCUT2D eigenvalue weighted by Gasteiger charge is -2.27. The number of furan rings is 1. The molecular formula is C40H54N2O12. The summed E-state index contributed by atoms with van der Waals surface area (Å²) in [6.07, 6.45) is -0.236. The van der Waals surface area contributed by atoms with Crippen LogP contribution in [0.5, 0.6) is 11.5 Å². The maximum atomic E-state index is 13.3. The molecule has 0 saturated carbocycles. The quantitative estimate of drug-likeness (QED) is 0.0520. The van der Waals surface area contributed by atoms with Crippen LogP contribution >= 0.6 is 0 Å². The average Bonchev–Trinajstić information content (AvgIpc) is 3.47. The van der Waals surface area contributed by atoms with Crippen molar-refractivity contribution < 1.29 is 56.9 Å². The predicted molar refractivity (Wildman–Crippen MR) is 201 cm³/mol. The number of hydrogen-bond donors (Lipinski definition) is 1. The molecule has 0 saturated heterocycles. The number of nitrogens with one attached hydrogen (secondary N) is 1. The molecule has 0 spiro atoms. The minimum atomic E-state index is -0.787. The van der Waals surface area contributed by atoms with Gasteiger partial charge in [-0.1, -0.05) is 24.3 Å². The average molecular weight is 755 g/mol. The zero-order valence-corrected chi connectivity index (χ0v) is 33.1. The molecule has 3 rings (SSSR count). The molecule has 0 unspecified atom stereocenters. The Morgan fingerprint density at radius 1 is 0.648 bits per heavy atom. The summed E-state index contributed by atoms with van der Waals surface area (Å²) in [5.41, 5.74) is -2.02. The van der Waals surface area contributed by atoms with E-state index in [0.717, 1.165) is 0 Å². The topological polar surface area (TPSA) is 177 Å². The van der Waals surface area contributed by atoms with Crippen LogP contribution in [0.2, 0.25) is 0 Å². The fourth-order valence-corrected chi connectivity index (χ4v) is 5.18. The minimum Gasteiger partial charge on any atom is -0.460 e. The van der Waals surface area contributed by atoms with Gasteiger partial charge in [0.25, 0.3) is 0 Å². The normalized spacial score (nSPS) is 11.9. The number of unbranched alkanes of at least 4 members (excludes halogenated alkanes) is 1. The zero-order chi connectivity index (χ0) is 40.4. The van der Waals surface area contributed by atoms with Crippen LogP contribution < -0.4 is 14.8 Å². The number of nitrogens with zero attached hydrogens (tertiary/aromatic N) is 1. The number of hydrogen-bond acceptors (Lipinski definition) is 12. The van der Waals surface area contributed by atoms with Crippen molar-refractivity contribution in [1.29, 1.82) is 0 Å². The van der Waals surface area contributed by atoms with E-state index in [4.69, 9.17) is 28.1 Å². The SMILES string of the molecule is CC(=O)c1cc2c(OC(=O)CCCN(CCC(=O)OC(C)(C)C)C(=O)OC(C)(C)C)c3ccccc3c(OC(=O)NCCCCC(=O)OC(C)(C)C)c2o1. The first kappa shape index (κ1) is 43.3. The van der Waals surface area contributed by atoms with Gasteiger partial charge in [-0.2, -0.15) is 0 Å². The molecule has 14 heteroatoms. The first-order chi connectivity index (χ1) is 25.0. The molecule has 0 aliphatic heterocycles. The Bertz CT molecular complexity index is 1840. The highest BCUT2D eigenvalue weighted by Crippen LogP contribution is 2.44. The molecule has 0 atom stereocenters. The summed E-state index contributed by atoms with van der Waals surface area (Å²) in [5.74, 6) is -1.75. The van der Waals surface area contributed by atoms with Gasteiger partial charge in [0.15, 0.2) is 22.9 Å². The molecule has 2 aromatic carbocycles. The number of ketones is 1. The Hall–Kier alpha value is -5.14. The van der Waals surface area contributed by atoms with E-state index < -0.39 is 46.7 Å². The highest BCUT2D eigenvalue weighted by Gasteiger charge is 2.27. The van der Waals surface area contributed by atoms with Crippen LogP contribution in [0.25, 0.3) is 21.7 Å². The van der Waals surface area contributed by atoms with E-state index in [1.54, 1.807) is 86.6 Å². The van der Waals surface area contributed by atoms with Gasteiger partial charge in [-0.25, -0.2) is 9.59 Å². The van der Waals surface area contributed by atoms with Crippen LogP contribution in [-0.4, -0.2) is 77.2 Å². The van der Waals surface area contributed by atoms with Gasteiger partial charge in [-0.05, 0) is 87.6 Å². The lowest BCUT2D eigenvalue weighted by atomic mass is 10.0. The molecule has 2 amide bonds. The summed E-state index contributed by atoms with van der Waals surface area (Å²) in [5, 5.41) is 3.71. The third kappa shape index (κ3) is 14.0. The van der Waals surface area contributed by atoms with Gasteiger partial charge < -0.3 is 38.3 Å². The smallest absolute Gasteiger partial charge is 0.412 e.